The van der Waals surface area contributed by atoms with Gasteiger partial charge in [-0.25, -0.2) is 0 Å². The highest BCUT2D eigenvalue weighted by atomic mass is 79.9. The van der Waals surface area contributed by atoms with Gasteiger partial charge in [-0.15, -0.1) is 0 Å². The maximum absolute atomic E-state index is 9.96. The summed E-state index contributed by atoms with van der Waals surface area (Å²) < 4.78 is 32.0. The quantitative estimate of drug-likeness (QED) is 0.830. The third-order valence-corrected chi connectivity index (χ3v) is 2.52. The molecule has 7 heteroatoms. The molecular formula is C12H15Br2FO4. The van der Waals surface area contributed by atoms with Crippen LogP contribution < -0.4 is 0 Å². The molecule has 0 atom stereocenters. The van der Waals surface area contributed by atoms with Crippen LogP contribution in [0.25, 0.3) is 0 Å². The van der Waals surface area contributed by atoms with Crippen molar-refractivity contribution in [3.8, 4) is 0 Å². The summed E-state index contributed by atoms with van der Waals surface area (Å²) in [5, 5.41) is 8.44. The minimum atomic E-state index is -1.00. The van der Waals surface area contributed by atoms with E-state index in [0.29, 0.717) is 12.4 Å². The monoisotopic (exact) mass is 401 g/mol. The first kappa shape index (κ1) is 16.4. The Hall–Kier alpha value is -0.630. The number of furan rings is 2. The fourth-order valence-corrected chi connectivity index (χ4v) is 1.71. The van der Waals surface area contributed by atoms with Crippen LogP contribution in [0.5, 0.6) is 0 Å². The van der Waals surface area contributed by atoms with Crippen LogP contribution in [0.4, 0.5) is 4.39 Å². The highest BCUT2D eigenvalue weighted by Gasteiger charge is 1.96. The van der Waals surface area contributed by atoms with Crippen molar-refractivity contribution in [2.75, 3.05) is 14.3 Å². The zero-order chi connectivity index (χ0) is 15.4. The van der Waals surface area contributed by atoms with Crippen LogP contribution in [0.1, 0.15) is 12.9 Å². The largest absolute Gasteiger partial charge is 0.466 e. The van der Waals surface area contributed by atoms with Crippen molar-refractivity contribution in [1.82, 2.24) is 0 Å². The maximum Gasteiger partial charge on any atom is 0.130 e. The first-order valence-corrected chi connectivity index (χ1v) is 6.56. The Morgan fingerprint density at radius 1 is 1.26 bits per heavy atom. The van der Waals surface area contributed by atoms with Crippen LogP contribution in [-0.2, 0) is 18.0 Å². The summed E-state index contributed by atoms with van der Waals surface area (Å²) in [5.74, 6) is 1.42. The summed E-state index contributed by atoms with van der Waals surface area (Å²) in [7, 11) is 0.635. The molecule has 0 bridgehead atoms. The van der Waals surface area contributed by atoms with E-state index in [1.807, 2.05) is 6.07 Å². The number of aliphatic hydroxyl groups is 1. The Morgan fingerprint density at radius 2 is 1.74 bits per heavy atom. The van der Waals surface area contributed by atoms with E-state index in [1.165, 1.54) is 6.26 Å². The Balaban J connectivity index is 0.000000304. The molecule has 0 amide bonds. The molecule has 4 nitrogen and oxygen atoms in total. The van der Waals surface area contributed by atoms with Gasteiger partial charge in [-0.3, -0.25) is 4.39 Å². The average molecular weight is 403 g/mol. The third-order valence-electron chi connectivity index (χ3n) is 1.69. The van der Waals surface area contributed by atoms with Gasteiger partial charge in [0.05, 0.1) is 17.5 Å². The highest BCUT2D eigenvalue weighted by molar-refractivity contribution is 9.10. The zero-order valence-corrected chi connectivity index (χ0v) is 13.4. The van der Waals surface area contributed by atoms with Crippen molar-refractivity contribution in [3.63, 3.8) is 0 Å². The van der Waals surface area contributed by atoms with Gasteiger partial charge in [-0.2, -0.15) is 0 Å². The van der Waals surface area contributed by atoms with Crippen LogP contribution in [0, 0.1) is 0 Å². The molecule has 0 aliphatic heterocycles. The first-order valence-electron chi connectivity index (χ1n) is 5.68. The van der Waals surface area contributed by atoms with E-state index in [1.54, 1.807) is 19.4 Å². The van der Waals surface area contributed by atoms with Crippen LogP contribution in [0.15, 0.2) is 42.4 Å². The number of rotatable bonds is 3. The molecule has 0 saturated carbocycles. The van der Waals surface area contributed by atoms with Crippen LogP contribution in [0.3, 0.4) is 0 Å². The van der Waals surface area contributed by atoms with Crippen LogP contribution >= 0.6 is 31.9 Å². The molecule has 0 saturated heterocycles. The summed E-state index contributed by atoms with van der Waals surface area (Å²) in [6.45, 7) is 0.497. The molecule has 2 rings (SSSR count). The molecule has 0 aliphatic carbocycles. The van der Waals surface area contributed by atoms with Crippen LogP contribution in [0.2, 0.25) is 0 Å². The predicted octanol–water partition coefficient (Wildman–Crippen LogP) is 4.31. The fraction of sp³-hybridized carbons (Fsp3) is 0.333. The number of aliphatic hydroxyl groups excluding tert-OH is 1. The van der Waals surface area contributed by atoms with Gasteiger partial charge < -0.3 is 18.7 Å². The van der Waals surface area contributed by atoms with Gasteiger partial charge in [0.25, 0.3) is 0 Å². The molecule has 0 unspecified atom stereocenters. The van der Waals surface area contributed by atoms with E-state index in [-0.39, 0.29) is 6.61 Å². The molecule has 2 aromatic heterocycles. The summed E-state index contributed by atoms with van der Waals surface area (Å²) in [4.78, 5) is 0. The SMILES string of the molecule is COCc1cc(Br)co1.OCc1cc(Br)co1.[2H]CF. The standard InChI is InChI=1S/C6H7BrO2.C5H5BrO2.CH3F/c1-8-4-6-2-5(7)3-9-6;6-4-1-5(2-7)8-3-4;1-2/h2-3H,4H2,1H3;1,3,7H,2H2;1H3/i;;1D. The Kier molecular flexibility index (Phi) is 9.70. The van der Waals surface area contributed by atoms with Crippen molar-refractivity contribution in [1.29, 1.82) is 0 Å². The number of alkyl halides is 1. The molecule has 0 aliphatic rings. The first-order chi connectivity index (χ1) is 9.57. The second-order valence-corrected chi connectivity index (χ2v) is 4.88. The lowest BCUT2D eigenvalue weighted by Crippen LogP contribution is -1.81. The average Bonchev–Trinajstić information content (AvgIpc) is 3.00. The molecule has 0 aromatic carbocycles. The third kappa shape index (κ3) is 8.20. The van der Waals surface area contributed by atoms with E-state index in [9.17, 15) is 4.39 Å². The zero-order valence-electron chi connectivity index (χ0n) is 11.2. The second-order valence-electron chi connectivity index (χ2n) is 3.05. The molecular weight excluding hydrogens is 387 g/mol. The van der Waals surface area contributed by atoms with Gasteiger partial charge in [0, 0.05) is 7.11 Å². The van der Waals surface area contributed by atoms with E-state index in [2.05, 4.69) is 31.9 Å². The molecule has 0 fully saturated rings. The van der Waals surface area contributed by atoms with Gasteiger partial charge in [-0.05, 0) is 44.0 Å². The second kappa shape index (κ2) is 11.2. The molecule has 0 spiro atoms. The van der Waals surface area contributed by atoms with Crippen molar-refractivity contribution in [2.24, 2.45) is 0 Å². The predicted molar refractivity (Wildman–Crippen MR) is 76.5 cm³/mol. The van der Waals surface area contributed by atoms with E-state index < -0.39 is 7.15 Å². The molecule has 2 aromatic rings. The normalized spacial score (nSPS) is 9.84. The van der Waals surface area contributed by atoms with Crippen molar-refractivity contribution in [3.05, 3.63) is 45.1 Å². The number of hydrogen-bond donors (Lipinski definition) is 1. The van der Waals surface area contributed by atoms with Crippen molar-refractivity contribution in [2.45, 2.75) is 13.2 Å². The topological polar surface area (TPSA) is 55.7 Å². The smallest absolute Gasteiger partial charge is 0.130 e. The minimum Gasteiger partial charge on any atom is -0.466 e. The number of methoxy groups -OCH3 is 1. The molecule has 1 N–H and O–H groups in total. The van der Waals surface area contributed by atoms with Gasteiger partial charge in [0.2, 0.25) is 0 Å². The molecule has 19 heavy (non-hydrogen) atoms. The summed E-state index contributed by atoms with van der Waals surface area (Å²) in [6.07, 6.45) is 3.17. The van der Waals surface area contributed by atoms with Crippen molar-refractivity contribution < 1.29 is 24.4 Å². The lowest BCUT2D eigenvalue weighted by Gasteiger charge is -1.88. The summed E-state index contributed by atoms with van der Waals surface area (Å²) in [5.41, 5.74) is 0. The number of hydrogen-bond acceptors (Lipinski definition) is 4. The summed E-state index contributed by atoms with van der Waals surface area (Å²) in [6, 6.07) is 3.60. The highest BCUT2D eigenvalue weighted by Crippen LogP contribution is 2.14. The number of ether oxygens (including phenoxy) is 1. The van der Waals surface area contributed by atoms with Gasteiger partial charge >= 0.3 is 0 Å². The van der Waals surface area contributed by atoms with Gasteiger partial charge in [0.1, 0.15) is 37.3 Å². The van der Waals surface area contributed by atoms with E-state index in [4.69, 9.17) is 20.0 Å². The van der Waals surface area contributed by atoms with E-state index >= 15 is 0 Å². The van der Waals surface area contributed by atoms with Crippen molar-refractivity contribution >= 4 is 31.9 Å². The lowest BCUT2D eigenvalue weighted by molar-refractivity contribution is 0.164. The lowest BCUT2D eigenvalue weighted by atomic mass is 10.5. The Morgan fingerprint density at radius 3 is 2.00 bits per heavy atom. The Bertz CT molecular complexity index is 462. The Labute approximate surface area is 129 Å². The van der Waals surface area contributed by atoms with Gasteiger partial charge in [0.15, 0.2) is 0 Å². The minimum absolute atomic E-state index is 0.0361. The fourth-order valence-electron chi connectivity index (χ4n) is 1.01. The van der Waals surface area contributed by atoms with E-state index in [0.717, 1.165) is 14.7 Å². The molecule has 0 radical (unpaired) electrons. The number of halogens is 3. The molecule has 108 valence electrons. The summed E-state index contributed by atoms with van der Waals surface area (Å²) >= 11 is 6.42. The maximum atomic E-state index is 9.96. The van der Waals surface area contributed by atoms with Gasteiger partial charge in [-0.1, -0.05) is 0 Å². The molecule has 2 heterocycles. The van der Waals surface area contributed by atoms with Crippen LogP contribution in [-0.4, -0.2) is 19.4 Å².